The van der Waals surface area contributed by atoms with E-state index >= 15 is 0 Å². The molecule has 0 saturated carbocycles. The number of nitrogens with zero attached hydrogens (tertiary/aromatic N) is 1. The smallest absolute Gasteiger partial charge is 0.337 e. The van der Waals surface area contributed by atoms with E-state index in [-0.39, 0.29) is 37.4 Å². The lowest BCUT2D eigenvalue weighted by Crippen LogP contribution is -2.38. The van der Waals surface area contributed by atoms with Crippen molar-refractivity contribution in [1.82, 2.24) is 0 Å². The van der Waals surface area contributed by atoms with Gasteiger partial charge in [0.05, 0.1) is 46.0 Å². The van der Waals surface area contributed by atoms with Crippen LogP contribution in [0.4, 0.5) is 11.4 Å². The molecule has 1 amide bonds. The summed E-state index contributed by atoms with van der Waals surface area (Å²) in [6.45, 7) is -0.701. The second-order valence-electron chi connectivity index (χ2n) is 7.23. The van der Waals surface area contributed by atoms with Crippen molar-refractivity contribution < 1.29 is 32.3 Å². The molecule has 0 saturated heterocycles. The van der Waals surface area contributed by atoms with Gasteiger partial charge in [0.15, 0.2) is 0 Å². The van der Waals surface area contributed by atoms with Gasteiger partial charge in [-0.2, -0.15) is 0 Å². The molecule has 0 bridgehead atoms. The zero-order valence-electron chi connectivity index (χ0n) is 19.0. The Hall–Kier alpha value is -3.60. The fraction of sp³-hybridized carbons (Fsp3) is 0.125. The van der Waals surface area contributed by atoms with Crippen molar-refractivity contribution in [2.24, 2.45) is 0 Å². The molecule has 1 N–H and O–H groups in total. The molecule has 36 heavy (non-hydrogen) atoms. The van der Waals surface area contributed by atoms with Crippen molar-refractivity contribution in [2.45, 2.75) is 4.90 Å². The molecule has 0 aliphatic rings. The van der Waals surface area contributed by atoms with E-state index in [9.17, 15) is 22.8 Å². The number of methoxy groups -OCH3 is 2. The van der Waals surface area contributed by atoms with Crippen LogP contribution in [0.15, 0.2) is 71.6 Å². The lowest BCUT2D eigenvalue weighted by atomic mass is 10.1. The normalized spacial score (nSPS) is 10.9. The van der Waals surface area contributed by atoms with Crippen molar-refractivity contribution in [3.8, 4) is 0 Å². The third kappa shape index (κ3) is 5.96. The molecule has 0 atom stereocenters. The number of rotatable bonds is 8. The summed E-state index contributed by atoms with van der Waals surface area (Å²) in [5, 5.41) is 2.53. The van der Waals surface area contributed by atoms with Gasteiger partial charge in [-0.05, 0) is 42.5 Å². The molecule has 3 aromatic carbocycles. The van der Waals surface area contributed by atoms with Crippen molar-refractivity contribution >= 4 is 62.4 Å². The molecule has 3 rings (SSSR count). The summed E-state index contributed by atoms with van der Waals surface area (Å²) in [5.41, 5.74) is -0.0241. The van der Waals surface area contributed by atoms with E-state index in [0.29, 0.717) is 0 Å². The van der Waals surface area contributed by atoms with E-state index < -0.39 is 34.4 Å². The van der Waals surface area contributed by atoms with Crippen molar-refractivity contribution in [3.63, 3.8) is 0 Å². The first-order valence-corrected chi connectivity index (χ1v) is 12.4. The van der Waals surface area contributed by atoms with Crippen LogP contribution in [0.3, 0.4) is 0 Å². The summed E-state index contributed by atoms with van der Waals surface area (Å²) in [5.74, 6) is -2.30. The molecule has 0 unspecified atom stereocenters. The molecular weight excluding hydrogens is 531 g/mol. The van der Waals surface area contributed by atoms with Gasteiger partial charge in [0.1, 0.15) is 6.54 Å². The number of ether oxygens (including phenoxy) is 2. The van der Waals surface area contributed by atoms with E-state index in [0.717, 1.165) is 18.5 Å². The van der Waals surface area contributed by atoms with E-state index in [2.05, 4.69) is 14.8 Å². The first-order chi connectivity index (χ1) is 17.1. The molecule has 0 spiro atoms. The van der Waals surface area contributed by atoms with Crippen LogP contribution in [-0.2, 0) is 24.3 Å². The maximum absolute atomic E-state index is 13.5. The van der Waals surface area contributed by atoms with Gasteiger partial charge in [-0.25, -0.2) is 18.0 Å². The molecular formula is C24H20Cl2N2O7S. The fourth-order valence-electron chi connectivity index (χ4n) is 3.21. The lowest BCUT2D eigenvalue weighted by molar-refractivity contribution is -0.114. The molecule has 9 nitrogen and oxygen atoms in total. The molecule has 3 aromatic rings. The topological polar surface area (TPSA) is 119 Å². The summed E-state index contributed by atoms with van der Waals surface area (Å²) < 4.78 is 37.1. The Morgan fingerprint density at radius 1 is 0.861 bits per heavy atom. The van der Waals surface area contributed by atoms with Gasteiger partial charge in [0, 0.05) is 5.69 Å². The number of halogens is 2. The highest BCUT2D eigenvalue weighted by Gasteiger charge is 2.29. The van der Waals surface area contributed by atoms with E-state index in [1.165, 1.54) is 60.7 Å². The SMILES string of the molecule is COC(=O)c1cc(NC(=O)CN(c2cccc(Cl)c2Cl)S(=O)(=O)c2ccccc2)cc(C(=O)OC)c1. The fourth-order valence-corrected chi connectivity index (χ4v) is 5.11. The number of carbonyl (C=O) groups excluding carboxylic acids is 3. The Bertz CT molecular complexity index is 1380. The standard InChI is InChI=1S/C24H20Cl2N2O7S/c1-34-23(30)15-11-16(24(31)35-2)13-17(12-15)27-21(29)14-28(20-10-6-9-19(25)22(20)26)36(32,33)18-7-4-3-5-8-18/h3-13H,14H2,1-2H3,(H,27,29). The minimum atomic E-state index is -4.25. The molecule has 0 fully saturated rings. The van der Waals surface area contributed by atoms with Crippen molar-refractivity contribution in [2.75, 3.05) is 30.4 Å². The average molecular weight is 551 g/mol. The maximum Gasteiger partial charge on any atom is 0.337 e. The number of sulfonamides is 1. The predicted molar refractivity (Wildman–Crippen MR) is 135 cm³/mol. The van der Waals surface area contributed by atoms with Crippen molar-refractivity contribution in [1.29, 1.82) is 0 Å². The third-order valence-corrected chi connectivity index (χ3v) is 7.46. The predicted octanol–water partition coefficient (Wildman–Crippen LogP) is 4.40. The lowest BCUT2D eigenvalue weighted by Gasteiger charge is -2.25. The average Bonchev–Trinajstić information content (AvgIpc) is 2.88. The molecule has 188 valence electrons. The minimum Gasteiger partial charge on any atom is -0.465 e. The largest absolute Gasteiger partial charge is 0.465 e. The first-order valence-electron chi connectivity index (χ1n) is 10.2. The van der Waals surface area contributed by atoms with Gasteiger partial charge >= 0.3 is 11.9 Å². The molecule has 0 heterocycles. The number of anilines is 2. The maximum atomic E-state index is 13.5. The molecule has 0 aliphatic carbocycles. The summed E-state index contributed by atoms with van der Waals surface area (Å²) in [4.78, 5) is 37.0. The zero-order valence-corrected chi connectivity index (χ0v) is 21.4. The number of carbonyl (C=O) groups is 3. The highest BCUT2D eigenvalue weighted by molar-refractivity contribution is 7.92. The molecule has 0 radical (unpaired) electrons. The monoisotopic (exact) mass is 550 g/mol. The van der Waals surface area contributed by atoms with Crippen molar-refractivity contribution in [3.05, 3.63) is 87.9 Å². The summed E-state index contributed by atoms with van der Waals surface area (Å²) in [6.07, 6.45) is 0. The second-order valence-corrected chi connectivity index (χ2v) is 9.88. The van der Waals surface area contributed by atoms with Crippen LogP contribution in [0.5, 0.6) is 0 Å². The highest BCUT2D eigenvalue weighted by atomic mass is 35.5. The minimum absolute atomic E-state index is 0.0123. The van der Waals surface area contributed by atoms with Crippen LogP contribution in [0.1, 0.15) is 20.7 Å². The van der Waals surface area contributed by atoms with Crippen LogP contribution in [0.25, 0.3) is 0 Å². The molecule has 0 aromatic heterocycles. The van der Waals surface area contributed by atoms with Crippen LogP contribution >= 0.6 is 23.2 Å². The van der Waals surface area contributed by atoms with Crippen LogP contribution in [-0.4, -0.2) is 47.0 Å². The van der Waals surface area contributed by atoms with E-state index in [4.69, 9.17) is 23.2 Å². The third-order valence-electron chi connectivity index (χ3n) is 4.88. The number of esters is 2. The van der Waals surface area contributed by atoms with Gasteiger partial charge in [0.25, 0.3) is 10.0 Å². The Kier molecular flexibility index (Phi) is 8.57. The summed E-state index contributed by atoms with van der Waals surface area (Å²) >= 11 is 12.4. The van der Waals surface area contributed by atoms with Crippen LogP contribution in [0, 0.1) is 0 Å². The number of benzene rings is 3. The second kappa shape index (κ2) is 11.4. The number of hydrogen-bond donors (Lipinski definition) is 1. The van der Waals surface area contributed by atoms with E-state index in [1.54, 1.807) is 6.07 Å². The Morgan fingerprint density at radius 3 is 2.00 bits per heavy atom. The summed E-state index contributed by atoms with van der Waals surface area (Å²) in [6, 6.07) is 15.7. The molecule has 12 heteroatoms. The van der Waals surface area contributed by atoms with Crippen LogP contribution < -0.4 is 9.62 Å². The van der Waals surface area contributed by atoms with E-state index in [1.807, 2.05) is 0 Å². The number of amides is 1. The zero-order chi connectivity index (χ0) is 26.5. The Labute approximate surface area is 217 Å². The number of hydrogen-bond acceptors (Lipinski definition) is 7. The van der Waals surface area contributed by atoms with Crippen LogP contribution in [0.2, 0.25) is 10.0 Å². The van der Waals surface area contributed by atoms with Gasteiger partial charge in [-0.1, -0.05) is 47.5 Å². The van der Waals surface area contributed by atoms with Gasteiger partial charge in [0.2, 0.25) is 5.91 Å². The summed E-state index contributed by atoms with van der Waals surface area (Å²) in [7, 11) is -1.93. The van der Waals surface area contributed by atoms with Gasteiger partial charge in [-0.3, -0.25) is 9.10 Å². The van der Waals surface area contributed by atoms with Gasteiger partial charge in [-0.15, -0.1) is 0 Å². The number of nitrogens with one attached hydrogen (secondary N) is 1. The Balaban J connectivity index is 2.01. The molecule has 0 aliphatic heterocycles. The highest BCUT2D eigenvalue weighted by Crippen LogP contribution is 2.35. The first kappa shape index (κ1) is 27.0. The quantitative estimate of drug-likeness (QED) is 0.412. The van der Waals surface area contributed by atoms with Gasteiger partial charge < -0.3 is 14.8 Å². The Morgan fingerprint density at radius 2 is 1.44 bits per heavy atom.